The van der Waals surface area contributed by atoms with Gasteiger partial charge < -0.3 is 15.5 Å². The summed E-state index contributed by atoms with van der Waals surface area (Å²) in [5, 5.41) is 6.17. The molecule has 0 bridgehead atoms. The predicted octanol–water partition coefficient (Wildman–Crippen LogP) is 0.782. The summed E-state index contributed by atoms with van der Waals surface area (Å²) >= 11 is 0. The standard InChI is InChI=1S/C14H25N3O2.ClH/c1-11(18)16-9-12-4-7-17(8-5-12)14(19)13-3-2-6-15-10-13;/h12-13,15H,2-10H2,1H3,(H,16,18);1H/t13-;/m1./s1. The fourth-order valence-electron chi connectivity index (χ4n) is 2.97. The second-order valence-corrected chi connectivity index (χ2v) is 5.75. The molecule has 0 spiro atoms. The molecule has 1 atom stereocenters. The van der Waals surface area contributed by atoms with E-state index >= 15 is 0 Å². The molecule has 0 saturated carbocycles. The number of carbonyl (C=O) groups is 2. The molecule has 2 aliphatic heterocycles. The zero-order chi connectivity index (χ0) is 13.7. The van der Waals surface area contributed by atoms with E-state index in [1.165, 1.54) is 0 Å². The van der Waals surface area contributed by atoms with Gasteiger partial charge in [0.25, 0.3) is 0 Å². The van der Waals surface area contributed by atoms with E-state index in [-0.39, 0.29) is 24.2 Å². The van der Waals surface area contributed by atoms with Gasteiger partial charge in [-0.2, -0.15) is 0 Å². The Labute approximate surface area is 127 Å². The Bertz CT molecular complexity index is 324. The Morgan fingerprint density at radius 3 is 2.50 bits per heavy atom. The molecule has 2 saturated heterocycles. The highest BCUT2D eigenvalue weighted by Gasteiger charge is 2.28. The fourth-order valence-corrected chi connectivity index (χ4v) is 2.97. The number of likely N-dealkylation sites (tertiary alicyclic amines) is 1. The fraction of sp³-hybridized carbons (Fsp3) is 0.857. The summed E-state index contributed by atoms with van der Waals surface area (Å²) in [5.41, 5.74) is 0. The minimum Gasteiger partial charge on any atom is -0.356 e. The molecule has 2 rings (SSSR count). The van der Waals surface area contributed by atoms with Crippen LogP contribution >= 0.6 is 12.4 Å². The third kappa shape index (κ3) is 4.94. The van der Waals surface area contributed by atoms with Crippen LogP contribution in [0.3, 0.4) is 0 Å². The molecule has 0 unspecified atom stereocenters. The van der Waals surface area contributed by atoms with E-state index in [1.807, 2.05) is 4.90 Å². The first-order valence-electron chi connectivity index (χ1n) is 7.40. The molecular weight excluding hydrogens is 278 g/mol. The number of halogens is 1. The molecule has 2 fully saturated rings. The van der Waals surface area contributed by atoms with Gasteiger partial charge in [0.2, 0.25) is 11.8 Å². The molecule has 2 N–H and O–H groups in total. The molecule has 6 heteroatoms. The van der Waals surface area contributed by atoms with E-state index in [1.54, 1.807) is 6.92 Å². The van der Waals surface area contributed by atoms with Crippen molar-refractivity contribution in [2.75, 3.05) is 32.7 Å². The van der Waals surface area contributed by atoms with Gasteiger partial charge in [-0.25, -0.2) is 0 Å². The van der Waals surface area contributed by atoms with Gasteiger partial charge in [0.15, 0.2) is 0 Å². The molecular formula is C14H26ClN3O2. The first kappa shape index (κ1) is 17.2. The Kier molecular flexibility index (Phi) is 7.30. The van der Waals surface area contributed by atoms with Gasteiger partial charge in [-0.1, -0.05) is 0 Å². The summed E-state index contributed by atoms with van der Waals surface area (Å²) in [6.45, 7) is 5.88. The Hall–Kier alpha value is -0.810. The van der Waals surface area contributed by atoms with E-state index in [2.05, 4.69) is 10.6 Å². The third-order valence-electron chi connectivity index (χ3n) is 4.21. The first-order valence-corrected chi connectivity index (χ1v) is 7.40. The SMILES string of the molecule is CC(=O)NCC1CCN(C(=O)[C@@H]2CCCNC2)CC1.Cl. The topological polar surface area (TPSA) is 61.4 Å². The number of nitrogens with one attached hydrogen (secondary N) is 2. The molecule has 2 amide bonds. The van der Waals surface area contributed by atoms with Gasteiger partial charge >= 0.3 is 0 Å². The minimum absolute atomic E-state index is 0. The number of hydrogen-bond acceptors (Lipinski definition) is 3. The van der Waals surface area contributed by atoms with E-state index < -0.39 is 0 Å². The van der Waals surface area contributed by atoms with Crippen LogP contribution in [-0.2, 0) is 9.59 Å². The highest BCUT2D eigenvalue weighted by molar-refractivity contribution is 5.85. The van der Waals surface area contributed by atoms with Gasteiger partial charge in [-0.3, -0.25) is 9.59 Å². The highest BCUT2D eigenvalue weighted by atomic mass is 35.5. The van der Waals surface area contributed by atoms with Crippen LogP contribution in [0.4, 0.5) is 0 Å². The maximum absolute atomic E-state index is 12.3. The molecule has 0 aromatic rings. The van der Waals surface area contributed by atoms with Crippen LogP contribution in [0.25, 0.3) is 0 Å². The normalized spacial score (nSPS) is 23.9. The number of nitrogens with zero attached hydrogens (tertiary/aromatic N) is 1. The number of hydrogen-bond donors (Lipinski definition) is 2. The largest absolute Gasteiger partial charge is 0.356 e. The van der Waals surface area contributed by atoms with Crippen molar-refractivity contribution in [1.82, 2.24) is 15.5 Å². The molecule has 0 aromatic carbocycles. The van der Waals surface area contributed by atoms with Crippen LogP contribution < -0.4 is 10.6 Å². The van der Waals surface area contributed by atoms with Crippen LogP contribution in [-0.4, -0.2) is 49.4 Å². The van der Waals surface area contributed by atoms with Crippen molar-refractivity contribution in [2.45, 2.75) is 32.6 Å². The maximum Gasteiger partial charge on any atom is 0.226 e. The number of carbonyl (C=O) groups excluding carboxylic acids is 2. The van der Waals surface area contributed by atoms with Crippen LogP contribution in [0.2, 0.25) is 0 Å². The van der Waals surface area contributed by atoms with Crippen molar-refractivity contribution >= 4 is 24.2 Å². The summed E-state index contributed by atoms with van der Waals surface area (Å²) in [6.07, 6.45) is 4.14. The second kappa shape index (κ2) is 8.47. The lowest BCUT2D eigenvalue weighted by Gasteiger charge is -2.35. The molecule has 5 nitrogen and oxygen atoms in total. The Balaban J connectivity index is 0.00000200. The molecule has 2 heterocycles. The van der Waals surface area contributed by atoms with Gasteiger partial charge in [0, 0.05) is 33.1 Å². The zero-order valence-electron chi connectivity index (χ0n) is 12.2. The first-order chi connectivity index (χ1) is 9.16. The zero-order valence-corrected chi connectivity index (χ0v) is 13.0. The average molecular weight is 304 g/mol. The lowest BCUT2D eigenvalue weighted by molar-refractivity contribution is -0.137. The lowest BCUT2D eigenvalue weighted by atomic mass is 9.93. The molecule has 2 aliphatic rings. The van der Waals surface area contributed by atoms with E-state index in [0.717, 1.165) is 58.4 Å². The van der Waals surface area contributed by atoms with E-state index in [0.29, 0.717) is 11.8 Å². The van der Waals surface area contributed by atoms with E-state index in [9.17, 15) is 9.59 Å². The van der Waals surface area contributed by atoms with Gasteiger partial charge in [-0.15, -0.1) is 12.4 Å². The molecule has 20 heavy (non-hydrogen) atoms. The second-order valence-electron chi connectivity index (χ2n) is 5.75. The number of piperidine rings is 2. The summed E-state index contributed by atoms with van der Waals surface area (Å²) in [7, 11) is 0. The van der Waals surface area contributed by atoms with Crippen molar-refractivity contribution in [3.8, 4) is 0 Å². The highest BCUT2D eigenvalue weighted by Crippen LogP contribution is 2.20. The predicted molar refractivity (Wildman–Crippen MR) is 80.8 cm³/mol. The molecule has 116 valence electrons. The van der Waals surface area contributed by atoms with Crippen molar-refractivity contribution in [3.63, 3.8) is 0 Å². The maximum atomic E-state index is 12.3. The van der Waals surface area contributed by atoms with Crippen LogP contribution in [0, 0.1) is 11.8 Å². The van der Waals surface area contributed by atoms with E-state index in [4.69, 9.17) is 0 Å². The number of amides is 2. The summed E-state index contributed by atoms with van der Waals surface area (Å²) in [6, 6.07) is 0. The Morgan fingerprint density at radius 2 is 1.95 bits per heavy atom. The summed E-state index contributed by atoms with van der Waals surface area (Å²) < 4.78 is 0. The summed E-state index contributed by atoms with van der Waals surface area (Å²) in [5.74, 6) is 1.06. The Morgan fingerprint density at radius 1 is 1.25 bits per heavy atom. The van der Waals surface area contributed by atoms with Crippen LogP contribution in [0.5, 0.6) is 0 Å². The summed E-state index contributed by atoms with van der Waals surface area (Å²) in [4.78, 5) is 25.2. The van der Waals surface area contributed by atoms with Crippen molar-refractivity contribution in [2.24, 2.45) is 11.8 Å². The van der Waals surface area contributed by atoms with Gasteiger partial charge in [0.05, 0.1) is 5.92 Å². The van der Waals surface area contributed by atoms with Gasteiger partial charge in [0.1, 0.15) is 0 Å². The third-order valence-corrected chi connectivity index (χ3v) is 4.21. The lowest BCUT2D eigenvalue weighted by Crippen LogP contribution is -2.47. The quantitative estimate of drug-likeness (QED) is 0.810. The molecule has 0 aromatic heterocycles. The van der Waals surface area contributed by atoms with Crippen LogP contribution in [0.15, 0.2) is 0 Å². The van der Waals surface area contributed by atoms with Gasteiger partial charge in [-0.05, 0) is 38.1 Å². The monoisotopic (exact) mass is 303 g/mol. The van der Waals surface area contributed by atoms with Crippen molar-refractivity contribution in [1.29, 1.82) is 0 Å². The van der Waals surface area contributed by atoms with Crippen LogP contribution in [0.1, 0.15) is 32.6 Å². The average Bonchev–Trinajstić information content (AvgIpc) is 2.46. The molecule has 0 radical (unpaired) electrons. The minimum atomic E-state index is 0. The van der Waals surface area contributed by atoms with Crippen molar-refractivity contribution < 1.29 is 9.59 Å². The number of rotatable bonds is 3. The molecule has 0 aliphatic carbocycles. The van der Waals surface area contributed by atoms with Crippen molar-refractivity contribution in [3.05, 3.63) is 0 Å². The smallest absolute Gasteiger partial charge is 0.226 e.